The van der Waals surface area contributed by atoms with Gasteiger partial charge in [-0.3, -0.25) is 4.79 Å². The number of amides is 1. The van der Waals surface area contributed by atoms with Crippen molar-refractivity contribution in [3.8, 4) is 5.75 Å². The molecule has 174 valence electrons. The molecule has 1 saturated heterocycles. The number of fused-ring (bicyclic) bond motifs is 1. The van der Waals surface area contributed by atoms with Crippen molar-refractivity contribution in [1.82, 2.24) is 9.88 Å². The van der Waals surface area contributed by atoms with Gasteiger partial charge in [0.15, 0.2) is 5.82 Å². The molecule has 33 heavy (non-hydrogen) atoms. The number of aromatic nitrogens is 1. The number of hydrogen-bond acceptors (Lipinski definition) is 5. The Morgan fingerprint density at radius 1 is 1.18 bits per heavy atom. The second kappa shape index (κ2) is 10.8. The molecule has 0 atom stereocenters. The number of nitrogens with one attached hydrogen (secondary N) is 2. The van der Waals surface area contributed by atoms with Gasteiger partial charge in [0, 0.05) is 18.0 Å². The van der Waals surface area contributed by atoms with Gasteiger partial charge >= 0.3 is 0 Å². The van der Waals surface area contributed by atoms with Crippen LogP contribution in [0.15, 0.2) is 42.6 Å². The van der Waals surface area contributed by atoms with Crippen LogP contribution in [0.25, 0.3) is 10.8 Å². The summed E-state index contributed by atoms with van der Waals surface area (Å²) in [4.78, 5) is 19.4. The number of pyridine rings is 1. The van der Waals surface area contributed by atoms with Crippen molar-refractivity contribution in [3.63, 3.8) is 0 Å². The van der Waals surface area contributed by atoms with E-state index in [-0.39, 0.29) is 16.6 Å². The summed E-state index contributed by atoms with van der Waals surface area (Å²) in [6, 6.07) is 10.2. The van der Waals surface area contributed by atoms with Crippen LogP contribution < -0.4 is 15.4 Å². The van der Waals surface area contributed by atoms with Gasteiger partial charge in [-0.2, -0.15) is 0 Å². The molecule has 0 saturated carbocycles. The maximum atomic E-state index is 14.4. The van der Waals surface area contributed by atoms with Gasteiger partial charge in [0.1, 0.15) is 11.6 Å². The molecule has 2 heterocycles. The van der Waals surface area contributed by atoms with Crippen molar-refractivity contribution in [3.05, 3.63) is 53.4 Å². The molecule has 6 nitrogen and oxygen atoms in total. The van der Waals surface area contributed by atoms with Gasteiger partial charge in [-0.15, -0.1) is 0 Å². The summed E-state index contributed by atoms with van der Waals surface area (Å²) in [6.07, 6.45) is 6.65. The van der Waals surface area contributed by atoms with E-state index in [4.69, 9.17) is 16.3 Å². The number of piperidine rings is 1. The van der Waals surface area contributed by atoms with Crippen LogP contribution in [0.4, 0.5) is 21.6 Å². The highest BCUT2D eigenvalue weighted by molar-refractivity contribution is 6.31. The topological polar surface area (TPSA) is 66.5 Å². The van der Waals surface area contributed by atoms with E-state index in [0.29, 0.717) is 23.7 Å². The number of hydrogen-bond donors (Lipinski definition) is 2. The van der Waals surface area contributed by atoms with Gasteiger partial charge < -0.3 is 20.3 Å². The van der Waals surface area contributed by atoms with E-state index in [0.717, 1.165) is 36.8 Å². The van der Waals surface area contributed by atoms with Crippen LogP contribution in [-0.4, -0.2) is 42.5 Å². The van der Waals surface area contributed by atoms with Crippen LogP contribution in [0.3, 0.4) is 0 Å². The van der Waals surface area contributed by atoms with E-state index in [1.165, 1.54) is 25.3 Å². The highest BCUT2D eigenvalue weighted by Crippen LogP contribution is 2.35. The average molecular weight is 471 g/mol. The number of anilines is 3. The lowest BCUT2D eigenvalue weighted by molar-refractivity contribution is -0.116. The highest BCUT2D eigenvalue weighted by atomic mass is 35.5. The first-order valence-electron chi connectivity index (χ1n) is 11.2. The minimum absolute atomic E-state index is 0.0272. The molecule has 1 aliphatic rings. The van der Waals surface area contributed by atoms with E-state index < -0.39 is 5.82 Å². The quantitative estimate of drug-likeness (QED) is 0.423. The van der Waals surface area contributed by atoms with Gasteiger partial charge in [-0.25, -0.2) is 9.37 Å². The second-order valence-corrected chi connectivity index (χ2v) is 8.62. The van der Waals surface area contributed by atoms with Crippen molar-refractivity contribution in [1.29, 1.82) is 0 Å². The van der Waals surface area contributed by atoms with Gasteiger partial charge in [0.25, 0.3) is 0 Å². The maximum Gasteiger partial charge on any atom is 0.224 e. The van der Waals surface area contributed by atoms with Gasteiger partial charge in [0.05, 0.1) is 23.5 Å². The van der Waals surface area contributed by atoms with Gasteiger partial charge in [-0.05, 0) is 74.6 Å². The van der Waals surface area contributed by atoms with Crippen LogP contribution in [0.2, 0.25) is 5.02 Å². The molecule has 2 aromatic carbocycles. The fourth-order valence-electron chi connectivity index (χ4n) is 4.15. The molecular formula is C25H28ClFN4O2. The standard InChI is InChI=1S/C25H28ClFN4O2/c1-33-22-15-17-10-11-28-25(30-20-8-5-7-19(26)24(20)27)18(17)16-21(22)29-23(32)9-6-14-31-12-3-2-4-13-31/h5,7-8,10-11,15-16H,2-4,6,9,12-14H2,1H3,(H,28,30)(H,29,32). The van der Waals surface area contributed by atoms with Crippen LogP contribution in [-0.2, 0) is 4.79 Å². The maximum absolute atomic E-state index is 14.4. The van der Waals surface area contributed by atoms with Crippen LogP contribution in [0.5, 0.6) is 5.75 Å². The Kier molecular flexibility index (Phi) is 7.62. The molecule has 1 amide bonds. The second-order valence-electron chi connectivity index (χ2n) is 8.21. The first kappa shape index (κ1) is 23.3. The van der Waals surface area contributed by atoms with E-state index >= 15 is 0 Å². The number of rotatable bonds is 8. The third-order valence-electron chi connectivity index (χ3n) is 5.89. The molecule has 3 aromatic rings. The molecule has 4 rings (SSSR count). The molecular weight excluding hydrogens is 443 g/mol. The summed E-state index contributed by atoms with van der Waals surface area (Å²) in [6.45, 7) is 3.18. The third kappa shape index (κ3) is 5.72. The van der Waals surface area contributed by atoms with Crippen LogP contribution in [0, 0.1) is 5.82 Å². The lowest BCUT2D eigenvalue weighted by atomic mass is 10.1. The molecule has 0 spiro atoms. The Bertz CT molecular complexity index is 1130. The molecule has 8 heteroatoms. The summed E-state index contributed by atoms with van der Waals surface area (Å²) in [5, 5.41) is 7.58. The first-order chi connectivity index (χ1) is 16.0. The van der Waals surface area contributed by atoms with E-state index in [1.807, 2.05) is 12.1 Å². The van der Waals surface area contributed by atoms with Crippen molar-refractivity contribution >= 4 is 45.5 Å². The summed E-state index contributed by atoms with van der Waals surface area (Å²) >= 11 is 5.91. The Morgan fingerprint density at radius 2 is 2.00 bits per heavy atom. The van der Waals surface area contributed by atoms with E-state index in [9.17, 15) is 9.18 Å². The fourth-order valence-corrected chi connectivity index (χ4v) is 4.33. The minimum Gasteiger partial charge on any atom is -0.495 e. The number of ether oxygens (including phenoxy) is 1. The predicted octanol–water partition coefficient (Wildman–Crippen LogP) is 5.98. The largest absolute Gasteiger partial charge is 0.495 e. The molecule has 2 N–H and O–H groups in total. The summed E-state index contributed by atoms with van der Waals surface area (Å²) in [7, 11) is 1.56. The predicted molar refractivity (Wildman–Crippen MR) is 131 cm³/mol. The molecule has 0 bridgehead atoms. The number of methoxy groups -OCH3 is 1. The highest BCUT2D eigenvalue weighted by Gasteiger charge is 2.15. The van der Waals surface area contributed by atoms with Crippen molar-refractivity contribution < 1.29 is 13.9 Å². The fraction of sp³-hybridized carbons (Fsp3) is 0.360. The Morgan fingerprint density at radius 3 is 2.79 bits per heavy atom. The lowest BCUT2D eigenvalue weighted by Gasteiger charge is -2.26. The molecule has 0 radical (unpaired) electrons. The summed E-state index contributed by atoms with van der Waals surface area (Å²) < 4.78 is 19.9. The number of likely N-dealkylation sites (tertiary alicyclic amines) is 1. The zero-order valence-electron chi connectivity index (χ0n) is 18.7. The number of carbonyl (C=O) groups is 1. The third-order valence-corrected chi connectivity index (χ3v) is 6.18. The van der Waals surface area contributed by atoms with Crippen molar-refractivity contribution in [2.75, 3.05) is 37.4 Å². The minimum atomic E-state index is -0.547. The Labute approximate surface area is 198 Å². The Hall–Kier alpha value is -2.90. The zero-order chi connectivity index (χ0) is 23.2. The zero-order valence-corrected chi connectivity index (χ0v) is 19.4. The normalized spacial score (nSPS) is 14.3. The molecule has 0 unspecified atom stereocenters. The Balaban J connectivity index is 1.51. The average Bonchev–Trinajstić information content (AvgIpc) is 2.82. The number of nitrogens with zero attached hydrogens (tertiary/aromatic N) is 2. The molecule has 1 aliphatic heterocycles. The van der Waals surface area contributed by atoms with Gasteiger partial charge in [0.2, 0.25) is 5.91 Å². The lowest BCUT2D eigenvalue weighted by Crippen LogP contribution is -2.31. The monoisotopic (exact) mass is 470 g/mol. The van der Waals surface area contributed by atoms with Crippen molar-refractivity contribution in [2.45, 2.75) is 32.1 Å². The van der Waals surface area contributed by atoms with Crippen LogP contribution >= 0.6 is 11.6 Å². The van der Waals surface area contributed by atoms with E-state index in [2.05, 4.69) is 20.5 Å². The number of halogens is 2. The van der Waals surface area contributed by atoms with Gasteiger partial charge in [-0.1, -0.05) is 24.1 Å². The van der Waals surface area contributed by atoms with E-state index in [1.54, 1.807) is 31.5 Å². The molecule has 1 aromatic heterocycles. The summed E-state index contributed by atoms with van der Waals surface area (Å²) in [5.41, 5.74) is 0.775. The number of benzene rings is 2. The smallest absolute Gasteiger partial charge is 0.224 e. The van der Waals surface area contributed by atoms with Crippen molar-refractivity contribution in [2.24, 2.45) is 0 Å². The number of carbonyl (C=O) groups excluding carboxylic acids is 1. The SMILES string of the molecule is COc1cc2ccnc(Nc3cccc(Cl)c3F)c2cc1NC(=O)CCCN1CCCCC1. The molecule has 0 aliphatic carbocycles. The summed E-state index contributed by atoms with van der Waals surface area (Å²) in [5.74, 6) is 0.396. The first-order valence-corrected chi connectivity index (χ1v) is 11.6. The molecule has 1 fully saturated rings. The van der Waals surface area contributed by atoms with Crippen LogP contribution in [0.1, 0.15) is 32.1 Å².